The highest BCUT2D eigenvalue weighted by Crippen LogP contribution is 2.41. The number of aromatic nitrogens is 1. The maximum atomic E-state index is 6.02. The predicted octanol–water partition coefficient (Wildman–Crippen LogP) is 3.89. The summed E-state index contributed by atoms with van der Waals surface area (Å²) in [5.74, 6) is 0.892. The Balaban J connectivity index is 1.86. The maximum absolute atomic E-state index is 6.02. The van der Waals surface area contributed by atoms with E-state index in [0.29, 0.717) is 0 Å². The Bertz CT molecular complexity index is 679. The Labute approximate surface area is 126 Å². The molecule has 21 heavy (non-hydrogen) atoms. The number of aryl methyl sites for hydroxylation is 1. The minimum absolute atomic E-state index is 0.727. The highest BCUT2D eigenvalue weighted by molar-refractivity contribution is 5.94. The third kappa shape index (κ3) is 2.15. The molecule has 3 heteroatoms. The van der Waals surface area contributed by atoms with Gasteiger partial charge in [-0.1, -0.05) is 6.42 Å². The van der Waals surface area contributed by atoms with Crippen molar-refractivity contribution >= 4 is 22.3 Å². The molecule has 2 atom stereocenters. The number of piperidine rings is 1. The normalized spacial score (nSPS) is 25.3. The molecule has 1 aliphatic heterocycles. The van der Waals surface area contributed by atoms with Gasteiger partial charge in [-0.3, -0.25) is 4.98 Å². The molecule has 2 heterocycles. The van der Waals surface area contributed by atoms with Crippen molar-refractivity contribution < 1.29 is 0 Å². The number of nitrogens with zero attached hydrogens (tertiary/aromatic N) is 2. The minimum atomic E-state index is 0.727. The van der Waals surface area contributed by atoms with Crippen LogP contribution in [0.1, 0.15) is 37.8 Å². The van der Waals surface area contributed by atoms with Crippen LogP contribution in [0, 0.1) is 12.8 Å². The minimum Gasteiger partial charge on any atom is -0.399 e. The molecule has 3 nitrogen and oxygen atoms in total. The lowest BCUT2D eigenvalue weighted by atomic mass is 9.91. The summed E-state index contributed by atoms with van der Waals surface area (Å²) in [4.78, 5) is 7.33. The lowest BCUT2D eigenvalue weighted by Crippen LogP contribution is -2.42. The van der Waals surface area contributed by atoms with Crippen LogP contribution in [-0.2, 0) is 0 Å². The van der Waals surface area contributed by atoms with Crippen LogP contribution in [0.2, 0.25) is 0 Å². The van der Waals surface area contributed by atoms with E-state index >= 15 is 0 Å². The summed E-state index contributed by atoms with van der Waals surface area (Å²) in [5.41, 5.74) is 10.4. The van der Waals surface area contributed by atoms with E-state index in [2.05, 4.69) is 35.0 Å². The molecule has 2 fully saturated rings. The average Bonchev–Trinajstić information content (AvgIpc) is 2.95. The molecule has 2 aliphatic rings. The lowest BCUT2D eigenvalue weighted by Gasteiger charge is -2.40. The summed E-state index contributed by atoms with van der Waals surface area (Å²) in [5, 5.41) is 1.22. The second-order valence-electron chi connectivity index (χ2n) is 6.65. The molecule has 1 aromatic heterocycles. The molecule has 0 spiro atoms. The maximum Gasteiger partial charge on any atom is 0.0727 e. The Morgan fingerprint density at radius 3 is 2.90 bits per heavy atom. The molecular weight excluding hydrogens is 258 g/mol. The first-order chi connectivity index (χ1) is 10.2. The zero-order valence-electron chi connectivity index (χ0n) is 12.7. The van der Waals surface area contributed by atoms with Crippen molar-refractivity contribution in [3.8, 4) is 0 Å². The number of benzene rings is 1. The number of nitrogen functional groups attached to an aromatic ring is 1. The second-order valence-corrected chi connectivity index (χ2v) is 6.65. The van der Waals surface area contributed by atoms with Crippen molar-refractivity contribution in [2.45, 2.75) is 45.1 Å². The molecule has 1 aliphatic carbocycles. The smallest absolute Gasteiger partial charge is 0.0727 e. The van der Waals surface area contributed by atoms with Gasteiger partial charge in [0.05, 0.1) is 5.52 Å². The van der Waals surface area contributed by atoms with E-state index in [9.17, 15) is 0 Å². The molecule has 110 valence electrons. The Morgan fingerprint density at radius 1 is 1.14 bits per heavy atom. The summed E-state index contributed by atoms with van der Waals surface area (Å²) in [6.07, 6.45) is 6.86. The molecule has 0 amide bonds. The largest absolute Gasteiger partial charge is 0.399 e. The Morgan fingerprint density at radius 2 is 2.00 bits per heavy atom. The van der Waals surface area contributed by atoms with Crippen LogP contribution in [0.15, 0.2) is 24.3 Å². The van der Waals surface area contributed by atoms with Gasteiger partial charge in [-0.15, -0.1) is 0 Å². The SMILES string of the molecule is Cc1cc(N2CCCC3CCCC32)c2cc(N)ccc2n1. The second kappa shape index (κ2) is 4.90. The van der Waals surface area contributed by atoms with Gasteiger partial charge in [-0.2, -0.15) is 0 Å². The van der Waals surface area contributed by atoms with E-state index in [-0.39, 0.29) is 0 Å². The number of fused-ring (bicyclic) bond motifs is 2. The van der Waals surface area contributed by atoms with Crippen molar-refractivity contribution in [2.75, 3.05) is 17.2 Å². The van der Waals surface area contributed by atoms with Crippen LogP contribution in [0.4, 0.5) is 11.4 Å². The molecule has 2 aromatic rings. The van der Waals surface area contributed by atoms with Gasteiger partial charge in [0.2, 0.25) is 0 Å². The third-order valence-electron chi connectivity index (χ3n) is 5.24. The van der Waals surface area contributed by atoms with Crippen LogP contribution in [-0.4, -0.2) is 17.6 Å². The predicted molar refractivity (Wildman–Crippen MR) is 88.6 cm³/mol. The Kier molecular flexibility index (Phi) is 3.02. The molecule has 1 saturated carbocycles. The summed E-state index contributed by atoms with van der Waals surface area (Å²) >= 11 is 0. The summed E-state index contributed by atoms with van der Waals surface area (Å²) in [6, 6.07) is 9.08. The Hall–Kier alpha value is -1.77. The zero-order valence-corrected chi connectivity index (χ0v) is 12.7. The van der Waals surface area contributed by atoms with Crippen molar-refractivity contribution in [3.63, 3.8) is 0 Å². The molecular formula is C18H23N3. The first-order valence-electron chi connectivity index (χ1n) is 8.16. The van der Waals surface area contributed by atoms with Gasteiger partial charge in [0.25, 0.3) is 0 Å². The number of hydrogen-bond donors (Lipinski definition) is 1. The van der Waals surface area contributed by atoms with Crippen LogP contribution in [0.25, 0.3) is 10.9 Å². The van der Waals surface area contributed by atoms with E-state index in [4.69, 9.17) is 5.73 Å². The summed E-state index contributed by atoms with van der Waals surface area (Å²) in [6.45, 7) is 3.27. The monoisotopic (exact) mass is 281 g/mol. The van der Waals surface area contributed by atoms with Crippen LogP contribution >= 0.6 is 0 Å². The zero-order chi connectivity index (χ0) is 14.4. The van der Waals surface area contributed by atoms with E-state index in [1.54, 1.807) is 0 Å². The number of anilines is 2. The quantitative estimate of drug-likeness (QED) is 0.806. The summed E-state index contributed by atoms with van der Waals surface area (Å²) < 4.78 is 0. The van der Waals surface area contributed by atoms with Crippen molar-refractivity contribution in [2.24, 2.45) is 5.92 Å². The molecule has 2 unspecified atom stereocenters. The van der Waals surface area contributed by atoms with Gasteiger partial charge >= 0.3 is 0 Å². The van der Waals surface area contributed by atoms with Crippen molar-refractivity contribution in [1.82, 2.24) is 4.98 Å². The van der Waals surface area contributed by atoms with E-state index in [1.807, 2.05) is 6.07 Å². The standard InChI is InChI=1S/C18H23N3/c1-12-10-18(15-11-14(19)7-8-16(15)20-12)21-9-3-5-13-4-2-6-17(13)21/h7-8,10-11,13,17H,2-6,9,19H2,1H3. The molecule has 0 bridgehead atoms. The number of hydrogen-bond acceptors (Lipinski definition) is 3. The first-order valence-corrected chi connectivity index (χ1v) is 8.16. The fraction of sp³-hybridized carbons (Fsp3) is 0.500. The van der Waals surface area contributed by atoms with E-state index < -0.39 is 0 Å². The van der Waals surface area contributed by atoms with E-state index in [1.165, 1.54) is 49.7 Å². The number of pyridine rings is 1. The fourth-order valence-electron chi connectivity index (χ4n) is 4.34. The summed E-state index contributed by atoms with van der Waals surface area (Å²) in [7, 11) is 0. The van der Waals surface area contributed by atoms with Gasteiger partial charge in [0.1, 0.15) is 0 Å². The number of nitrogens with two attached hydrogens (primary N) is 1. The van der Waals surface area contributed by atoms with Crippen LogP contribution in [0.5, 0.6) is 0 Å². The average molecular weight is 281 g/mol. The van der Waals surface area contributed by atoms with Crippen molar-refractivity contribution in [1.29, 1.82) is 0 Å². The van der Waals surface area contributed by atoms with Gasteiger partial charge in [0, 0.05) is 35.0 Å². The molecule has 1 saturated heterocycles. The lowest BCUT2D eigenvalue weighted by molar-refractivity contribution is 0.363. The number of rotatable bonds is 1. The molecule has 1 aromatic carbocycles. The fourth-order valence-corrected chi connectivity index (χ4v) is 4.34. The first kappa shape index (κ1) is 12.9. The highest BCUT2D eigenvalue weighted by Gasteiger charge is 2.35. The topological polar surface area (TPSA) is 42.1 Å². The van der Waals surface area contributed by atoms with E-state index in [0.717, 1.165) is 28.9 Å². The molecule has 2 N–H and O–H groups in total. The highest BCUT2D eigenvalue weighted by atomic mass is 15.2. The third-order valence-corrected chi connectivity index (χ3v) is 5.24. The van der Waals surface area contributed by atoms with Crippen LogP contribution < -0.4 is 10.6 Å². The molecule has 4 rings (SSSR count). The van der Waals surface area contributed by atoms with Gasteiger partial charge in [0.15, 0.2) is 0 Å². The van der Waals surface area contributed by atoms with Gasteiger partial charge in [-0.25, -0.2) is 0 Å². The van der Waals surface area contributed by atoms with Gasteiger partial charge in [-0.05, 0) is 62.8 Å². The van der Waals surface area contributed by atoms with Crippen molar-refractivity contribution in [3.05, 3.63) is 30.0 Å². The van der Waals surface area contributed by atoms with Crippen LogP contribution in [0.3, 0.4) is 0 Å². The van der Waals surface area contributed by atoms with Gasteiger partial charge < -0.3 is 10.6 Å². The molecule has 0 radical (unpaired) electrons.